The zero-order valence-corrected chi connectivity index (χ0v) is 14.5. The molecule has 3 amide bonds. The number of nitrogens with two attached hydrogens (primary N) is 1. The van der Waals surface area contributed by atoms with E-state index in [4.69, 9.17) is 5.73 Å². The van der Waals surface area contributed by atoms with E-state index >= 15 is 0 Å². The van der Waals surface area contributed by atoms with Gasteiger partial charge in [-0.25, -0.2) is 0 Å². The summed E-state index contributed by atoms with van der Waals surface area (Å²) in [5.41, 5.74) is 6.15. The highest BCUT2D eigenvalue weighted by molar-refractivity contribution is 7.18. The van der Waals surface area contributed by atoms with Crippen LogP contribution in [0.3, 0.4) is 0 Å². The summed E-state index contributed by atoms with van der Waals surface area (Å²) in [6, 6.07) is 1.08. The first-order chi connectivity index (χ1) is 10.8. The highest BCUT2D eigenvalue weighted by Gasteiger charge is 2.30. The number of hydrogen-bond donors (Lipinski definition) is 3. The smallest absolute Gasteiger partial charge is 0.262 e. The van der Waals surface area contributed by atoms with Crippen LogP contribution in [0.25, 0.3) is 0 Å². The molecule has 2 rings (SSSR count). The molecular weight excluding hydrogens is 314 g/mol. The summed E-state index contributed by atoms with van der Waals surface area (Å²) < 4.78 is 0. The first kappa shape index (κ1) is 17.5. The lowest BCUT2D eigenvalue weighted by Crippen LogP contribution is -2.48. The third-order valence-electron chi connectivity index (χ3n) is 4.12. The molecule has 0 saturated heterocycles. The molecule has 1 saturated carbocycles. The molecule has 2 atom stereocenters. The summed E-state index contributed by atoms with van der Waals surface area (Å²) in [5.74, 6) is -0.786. The van der Waals surface area contributed by atoms with Gasteiger partial charge in [0.25, 0.3) is 5.91 Å². The molecule has 6 nitrogen and oxygen atoms in total. The van der Waals surface area contributed by atoms with Crippen molar-refractivity contribution in [3.63, 3.8) is 0 Å². The summed E-state index contributed by atoms with van der Waals surface area (Å²) >= 11 is 1.22. The van der Waals surface area contributed by atoms with E-state index < -0.39 is 11.9 Å². The molecule has 1 heterocycles. The van der Waals surface area contributed by atoms with Gasteiger partial charge in [-0.05, 0) is 37.3 Å². The molecule has 2 unspecified atom stereocenters. The Morgan fingerprint density at radius 3 is 2.57 bits per heavy atom. The van der Waals surface area contributed by atoms with E-state index in [2.05, 4.69) is 10.6 Å². The van der Waals surface area contributed by atoms with Crippen LogP contribution >= 0.6 is 11.3 Å². The standard InChI is InChI=1S/C16H23N3O3S/c1-4-8(2)12(14(17)20)19-16(22)13-9(3)7-11(23-13)18-15(21)10-5-6-10/h7-8,10,12H,4-6H2,1-3H3,(H2,17,20)(H,18,21)(H,19,22). The van der Waals surface area contributed by atoms with Gasteiger partial charge in [-0.15, -0.1) is 11.3 Å². The average Bonchev–Trinajstić information content (AvgIpc) is 3.28. The maximum Gasteiger partial charge on any atom is 0.262 e. The molecule has 1 aliphatic carbocycles. The molecule has 23 heavy (non-hydrogen) atoms. The zero-order chi connectivity index (χ0) is 17.1. The lowest BCUT2D eigenvalue weighted by molar-refractivity contribution is -0.121. The van der Waals surface area contributed by atoms with Crippen molar-refractivity contribution in [2.45, 2.75) is 46.1 Å². The topological polar surface area (TPSA) is 101 Å². The van der Waals surface area contributed by atoms with Crippen LogP contribution in [0.15, 0.2) is 6.07 Å². The molecule has 4 N–H and O–H groups in total. The number of thiophene rings is 1. The Hall–Kier alpha value is -1.89. The fraction of sp³-hybridized carbons (Fsp3) is 0.562. The SMILES string of the molecule is CCC(C)C(NC(=O)c1sc(NC(=O)C2CC2)cc1C)C(N)=O. The lowest BCUT2D eigenvalue weighted by Gasteiger charge is -2.20. The predicted octanol–water partition coefficient (Wildman–Crippen LogP) is 2.03. The van der Waals surface area contributed by atoms with Crippen LogP contribution in [0.4, 0.5) is 5.00 Å². The van der Waals surface area contributed by atoms with E-state index in [0.29, 0.717) is 9.88 Å². The predicted molar refractivity (Wildman–Crippen MR) is 90.3 cm³/mol. The lowest BCUT2D eigenvalue weighted by atomic mass is 9.98. The van der Waals surface area contributed by atoms with Crippen molar-refractivity contribution < 1.29 is 14.4 Å². The number of primary amides is 1. The molecule has 0 radical (unpaired) electrons. The van der Waals surface area contributed by atoms with E-state index in [9.17, 15) is 14.4 Å². The van der Waals surface area contributed by atoms with Crippen molar-refractivity contribution in [3.05, 3.63) is 16.5 Å². The van der Waals surface area contributed by atoms with E-state index in [-0.39, 0.29) is 23.7 Å². The van der Waals surface area contributed by atoms with Gasteiger partial charge < -0.3 is 16.4 Å². The van der Waals surface area contributed by atoms with E-state index in [1.165, 1.54) is 11.3 Å². The normalized spacial score (nSPS) is 16.5. The van der Waals surface area contributed by atoms with Crippen LogP contribution in [-0.4, -0.2) is 23.8 Å². The largest absolute Gasteiger partial charge is 0.368 e. The molecule has 7 heteroatoms. The van der Waals surface area contributed by atoms with Crippen molar-refractivity contribution in [2.24, 2.45) is 17.6 Å². The number of carbonyl (C=O) groups excluding carboxylic acids is 3. The molecule has 0 bridgehead atoms. The Bertz CT molecular complexity index is 622. The number of amides is 3. The highest BCUT2D eigenvalue weighted by Crippen LogP contribution is 2.32. The molecule has 1 aromatic heterocycles. The van der Waals surface area contributed by atoms with Gasteiger partial charge in [-0.1, -0.05) is 20.3 Å². The van der Waals surface area contributed by atoms with Crippen LogP contribution in [0, 0.1) is 18.8 Å². The molecular formula is C16H23N3O3S. The van der Waals surface area contributed by atoms with E-state index in [0.717, 1.165) is 24.8 Å². The monoisotopic (exact) mass is 337 g/mol. The van der Waals surface area contributed by atoms with Crippen molar-refractivity contribution in [2.75, 3.05) is 5.32 Å². The number of aryl methyl sites for hydroxylation is 1. The van der Waals surface area contributed by atoms with E-state index in [1.54, 1.807) is 13.0 Å². The molecule has 1 aromatic rings. The second-order valence-corrected chi connectivity index (χ2v) is 7.18. The van der Waals surface area contributed by atoms with Gasteiger partial charge in [0.05, 0.1) is 9.88 Å². The number of rotatable bonds is 7. The number of hydrogen-bond acceptors (Lipinski definition) is 4. The van der Waals surface area contributed by atoms with Gasteiger partial charge in [0.15, 0.2) is 0 Å². The van der Waals surface area contributed by atoms with Crippen LogP contribution in [-0.2, 0) is 9.59 Å². The van der Waals surface area contributed by atoms with Gasteiger partial charge in [-0.2, -0.15) is 0 Å². The van der Waals surface area contributed by atoms with Crippen molar-refractivity contribution in [1.82, 2.24) is 5.32 Å². The van der Waals surface area contributed by atoms with E-state index in [1.807, 2.05) is 13.8 Å². The Morgan fingerprint density at radius 2 is 2.04 bits per heavy atom. The second kappa shape index (κ2) is 7.12. The summed E-state index contributed by atoms with van der Waals surface area (Å²) in [7, 11) is 0. The number of anilines is 1. The third kappa shape index (κ3) is 4.31. The molecule has 126 valence electrons. The van der Waals surface area contributed by atoms with Gasteiger partial charge in [-0.3, -0.25) is 14.4 Å². The molecule has 0 aromatic carbocycles. The zero-order valence-electron chi connectivity index (χ0n) is 13.6. The summed E-state index contributed by atoms with van der Waals surface area (Å²) in [6.45, 7) is 5.62. The Balaban J connectivity index is 2.07. The Morgan fingerprint density at radius 1 is 1.39 bits per heavy atom. The number of carbonyl (C=O) groups is 3. The Labute approximate surface area is 139 Å². The first-order valence-electron chi connectivity index (χ1n) is 7.85. The summed E-state index contributed by atoms with van der Waals surface area (Å²) in [6.07, 6.45) is 2.59. The molecule has 0 aliphatic heterocycles. The first-order valence-corrected chi connectivity index (χ1v) is 8.66. The fourth-order valence-electron chi connectivity index (χ4n) is 2.27. The highest BCUT2D eigenvalue weighted by atomic mass is 32.1. The average molecular weight is 337 g/mol. The summed E-state index contributed by atoms with van der Waals surface area (Å²) in [4.78, 5) is 36.2. The van der Waals surface area contributed by atoms with Gasteiger partial charge in [0, 0.05) is 5.92 Å². The summed E-state index contributed by atoms with van der Waals surface area (Å²) in [5, 5.41) is 6.20. The fourth-order valence-corrected chi connectivity index (χ4v) is 3.25. The van der Waals surface area contributed by atoms with Crippen molar-refractivity contribution in [3.8, 4) is 0 Å². The van der Waals surface area contributed by atoms with Crippen LogP contribution in [0.1, 0.15) is 48.3 Å². The van der Waals surface area contributed by atoms with Gasteiger partial charge in [0.2, 0.25) is 11.8 Å². The quantitative estimate of drug-likeness (QED) is 0.709. The number of nitrogens with one attached hydrogen (secondary N) is 2. The minimum atomic E-state index is -0.696. The van der Waals surface area contributed by atoms with Crippen molar-refractivity contribution in [1.29, 1.82) is 0 Å². The Kier molecular flexibility index (Phi) is 5.41. The van der Waals surface area contributed by atoms with Gasteiger partial charge >= 0.3 is 0 Å². The minimum Gasteiger partial charge on any atom is -0.368 e. The van der Waals surface area contributed by atoms with Gasteiger partial charge in [0.1, 0.15) is 6.04 Å². The molecule has 0 spiro atoms. The van der Waals surface area contributed by atoms with Crippen molar-refractivity contribution >= 4 is 34.1 Å². The molecule has 1 aliphatic rings. The molecule has 1 fully saturated rings. The third-order valence-corrected chi connectivity index (χ3v) is 5.28. The van der Waals surface area contributed by atoms with Crippen LogP contribution in [0.5, 0.6) is 0 Å². The minimum absolute atomic E-state index is 0.00725. The van der Waals surface area contributed by atoms with Crippen LogP contribution in [0.2, 0.25) is 0 Å². The maximum absolute atomic E-state index is 12.4. The second-order valence-electron chi connectivity index (χ2n) is 6.13. The van der Waals surface area contributed by atoms with Crippen LogP contribution < -0.4 is 16.4 Å². The maximum atomic E-state index is 12.4.